The van der Waals surface area contributed by atoms with E-state index in [9.17, 15) is 9.90 Å². The number of aliphatic hydroxyl groups is 1. The predicted molar refractivity (Wildman–Crippen MR) is 71.7 cm³/mol. The normalized spacial score (nSPS) is 14.3. The minimum atomic E-state index is -0.899. The van der Waals surface area contributed by atoms with Crippen molar-refractivity contribution in [3.05, 3.63) is 29.0 Å². The zero-order valence-electron chi connectivity index (χ0n) is 10.9. The first-order valence-electron chi connectivity index (χ1n) is 5.92. The van der Waals surface area contributed by atoms with Crippen molar-refractivity contribution in [1.29, 1.82) is 0 Å². The third-order valence-corrected chi connectivity index (χ3v) is 2.69. The van der Waals surface area contributed by atoms with E-state index in [0.29, 0.717) is 23.1 Å². The van der Waals surface area contributed by atoms with Gasteiger partial charge in [0.2, 0.25) is 0 Å². The van der Waals surface area contributed by atoms with E-state index in [1.807, 2.05) is 13.8 Å². The van der Waals surface area contributed by atoms with Gasteiger partial charge in [0.1, 0.15) is 5.15 Å². The first-order chi connectivity index (χ1) is 8.30. The smallest absolute Gasteiger partial charge is 0.252 e. The number of pyridine rings is 1. The Morgan fingerprint density at radius 1 is 1.56 bits per heavy atom. The molecule has 1 aromatic rings. The minimum Gasteiger partial charge on any atom is -0.388 e. The van der Waals surface area contributed by atoms with E-state index in [-0.39, 0.29) is 12.5 Å². The fraction of sp³-hybridized carbons (Fsp3) is 0.538. The SMILES string of the molecule is CC(C)CC(C)(O)CNC(=O)c1ccc(Cl)nc1. The molecule has 0 aliphatic rings. The van der Waals surface area contributed by atoms with Crippen molar-refractivity contribution < 1.29 is 9.90 Å². The van der Waals surface area contributed by atoms with E-state index in [2.05, 4.69) is 10.3 Å². The lowest BCUT2D eigenvalue weighted by atomic mass is 9.94. The molecule has 0 aromatic carbocycles. The highest BCUT2D eigenvalue weighted by Gasteiger charge is 2.22. The standard InChI is InChI=1S/C13H19ClN2O2/c1-9(2)6-13(3,18)8-16-12(17)10-4-5-11(14)15-7-10/h4-5,7,9,18H,6,8H2,1-3H3,(H,16,17). The Labute approximate surface area is 112 Å². The first-order valence-corrected chi connectivity index (χ1v) is 6.30. The molecule has 0 fully saturated rings. The summed E-state index contributed by atoms with van der Waals surface area (Å²) in [5.74, 6) is 0.109. The summed E-state index contributed by atoms with van der Waals surface area (Å²) in [5.41, 5.74) is -0.469. The second kappa shape index (κ2) is 6.16. The van der Waals surface area contributed by atoms with Gasteiger partial charge in [-0.05, 0) is 31.4 Å². The zero-order valence-corrected chi connectivity index (χ0v) is 11.7. The molecular weight excluding hydrogens is 252 g/mol. The number of hydrogen-bond donors (Lipinski definition) is 2. The highest BCUT2D eigenvalue weighted by molar-refractivity contribution is 6.29. The van der Waals surface area contributed by atoms with E-state index in [4.69, 9.17) is 11.6 Å². The average Bonchev–Trinajstić information content (AvgIpc) is 2.25. The molecule has 5 heteroatoms. The topological polar surface area (TPSA) is 62.2 Å². The van der Waals surface area contributed by atoms with Crippen LogP contribution in [0.3, 0.4) is 0 Å². The summed E-state index contributed by atoms with van der Waals surface area (Å²) in [6.45, 7) is 5.98. The Balaban J connectivity index is 2.53. The van der Waals surface area contributed by atoms with Crippen molar-refractivity contribution in [1.82, 2.24) is 10.3 Å². The van der Waals surface area contributed by atoms with E-state index >= 15 is 0 Å². The Bertz CT molecular complexity index is 402. The maximum atomic E-state index is 11.8. The quantitative estimate of drug-likeness (QED) is 0.807. The van der Waals surface area contributed by atoms with E-state index < -0.39 is 5.60 Å². The third kappa shape index (κ3) is 5.02. The molecule has 0 radical (unpaired) electrons. The monoisotopic (exact) mass is 270 g/mol. The molecular formula is C13H19ClN2O2. The van der Waals surface area contributed by atoms with Gasteiger partial charge in [-0.1, -0.05) is 25.4 Å². The van der Waals surface area contributed by atoms with Gasteiger partial charge in [0, 0.05) is 12.7 Å². The molecule has 0 saturated heterocycles. The van der Waals surface area contributed by atoms with Crippen LogP contribution < -0.4 is 5.32 Å². The summed E-state index contributed by atoms with van der Waals surface area (Å²) in [6, 6.07) is 3.16. The minimum absolute atomic E-state index is 0.215. The van der Waals surface area contributed by atoms with Gasteiger partial charge in [0.25, 0.3) is 5.91 Å². The van der Waals surface area contributed by atoms with Crippen LogP contribution in [0.1, 0.15) is 37.6 Å². The van der Waals surface area contributed by atoms with Gasteiger partial charge >= 0.3 is 0 Å². The van der Waals surface area contributed by atoms with Crippen LogP contribution in [-0.2, 0) is 0 Å². The number of hydrogen-bond acceptors (Lipinski definition) is 3. The lowest BCUT2D eigenvalue weighted by Gasteiger charge is -2.25. The van der Waals surface area contributed by atoms with Crippen LogP contribution >= 0.6 is 11.6 Å². The second-order valence-electron chi connectivity index (χ2n) is 5.15. The van der Waals surface area contributed by atoms with Crippen LogP contribution in [0, 0.1) is 5.92 Å². The number of nitrogens with one attached hydrogen (secondary N) is 1. The Morgan fingerprint density at radius 3 is 2.72 bits per heavy atom. The Morgan fingerprint density at radius 2 is 2.22 bits per heavy atom. The van der Waals surface area contributed by atoms with Crippen LogP contribution in [-0.4, -0.2) is 28.1 Å². The van der Waals surface area contributed by atoms with Gasteiger partial charge in [-0.15, -0.1) is 0 Å². The molecule has 100 valence electrons. The molecule has 1 unspecified atom stereocenters. The molecule has 1 atom stereocenters. The molecule has 2 N–H and O–H groups in total. The number of carbonyl (C=O) groups excluding carboxylic acids is 1. The largest absolute Gasteiger partial charge is 0.388 e. The van der Waals surface area contributed by atoms with Crippen LogP contribution in [0.2, 0.25) is 5.15 Å². The van der Waals surface area contributed by atoms with Crippen molar-refractivity contribution in [3.8, 4) is 0 Å². The van der Waals surface area contributed by atoms with Crippen molar-refractivity contribution in [2.75, 3.05) is 6.54 Å². The lowest BCUT2D eigenvalue weighted by molar-refractivity contribution is 0.0368. The summed E-state index contributed by atoms with van der Waals surface area (Å²) < 4.78 is 0. The van der Waals surface area contributed by atoms with E-state index in [1.165, 1.54) is 6.20 Å². The van der Waals surface area contributed by atoms with Gasteiger partial charge in [-0.25, -0.2) is 4.98 Å². The molecule has 0 aliphatic heterocycles. The van der Waals surface area contributed by atoms with Crippen LogP contribution in [0.5, 0.6) is 0 Å². The van der Waals surface area contributed by atoms with Crippen LogP contribution in [0.15, 0.2) is 18.3 Å². The van der Waals surface area contributed by atoms with Crippen LogP contribution in [0.25, 0.3) is 0 Å². The number of halogens is 1. The fourth-order valence-electron chi connectivity index (χ4n) is 1.83. The number of amides is 1. The summed E-state index contributed by atoms with van der Waals surface area (Å²) in [6.07, 6.45) is 2.04. The molecule has 1 aromatic heterocycles. The summed E-state index contributed by atoms with van der Waals surface area (Å²) in [7, 11) is 0. The fourth-order valence-corrected chi connectivity index (χ4v) is 1.95. The van der Waals surface area contributed by atoms with E-state index in [1.54, 1.807) is 19.1 Å². The van der Waals surface area contributed by atoms with Crippen LogP contribution in [0.4, 0.5) is 0 Å². The van der Waals surface area contributed by atoms with Crippen molar-refractivity contribution >= 4 is 17.5 Å². The van der Waals surface area contributed by atoms with Gasteiger partial charge < -0.3 is 10.4 Å². The number of carbonyl (C=O) groups is 1. The highest BCUT2D eigenvalue weighted by atomic mass is 35.5. The highest BCUT2D eigenvalue weighted by Crippen LogP contribution is 2.15. The van der Waals surface area contributed by atoms with Gasteiger partial charge in [0.15, 0.2) is 0 Å². The molecule has 0 spiro atoms. The summed E-state index contributed by atoms with van der Waals surface area (Å²) in [4.78, 5) is 15.6. The second-order valence-corrected chi connectivity index (χ2v) is 5.53. The van der Waals surface area contributed by atoms with Gasteiger partial charge in [-0.3, -0.25) is 4.79 Å². The number of aromatic nitrogens is 1. The first kappa shape index (κ1) is 14.9. The van der Waals surface area contributed by atoms with Crippen molar-refractivity contribution in [2.45, 2.75) is 32.8 Å². The van der Waals surface area contributed by atoms with E-state index in [0.717, 1.165) is 0 Å². The molecule has 1 rings (SSSR count). The lowest BCUT2D eigenvalue weighted by Crippen LogP contribution is -2.41. The maximum absolute atomic E-state index is 11.8. The number of nitrogens with zero attached hydrogens (tertiary/aromatic N) is 1. The molecule has 0 saturated carbocycles. The van der Waals surface area contributed by atoms with Gasteiger partial charge in [-0.2, -0.15) is 0 Å². The van der Waals surface area contributed by atoms with Crippen molar-refractivity contribution in [3.63, 3.8) is 0 Å². The molecule has 18 heavy (non-hydrogen) atoms. The molecule has 1 amide bonds. The zero-order chi connectivity index (χ0) is 13.8. The molecule has 0 aliphatic carbocycles. The third-order valence-electron chi connectivity index (χ3n) is 2.47. The maximum Gasteiger partial charge on any atom is 0.252 e. The Kier molecular flexibility index (Phi) is 5.11. The molecule has 1 heterocycles. The number of rotatable bonds is 5. The summed E-state index contributed by atoms with van der Waals surface area (Å²) >= 11 is 5.64. The Hall–Kier alpha value is -1.13. The average molecular weight is 271 g/mol. The van der Waals surface area contributed by atoms with Crippen molar-refractivity contribution in [2.24, 2.45) is 5.92 Å². The summed E-state index contributed by atoms with van der Waals surface area (Å²) in [5, 5.41) is 13.1. The molecule has 0 bridgehead atoms. The van der Waals surface area contributed by atoms with Gasteiger partial charge in [0.05, 0.1) is 11.2 Å². The molecule has 4 nitrogen and oxygen atoms in total. The predicted octanol–water partition coefficient (Wildman–Crippen LogP) is 2.26.